The molecule has 3 N–H and O–H groups in total. The number of aromatic nitrogens is 2. The molecule has 2 amide bonds. The van der Waals surface area contributed by atoms with Crippen LogP contribution in [0.25, 0.3) is 0 Å². The van der Waals surface area contributed by atoms with E-state index in [1.54, 1.807) is 0 Å². The molecule has 1 aliphatic heterocycles. The Hall–Kier alpha value is -3.12. The number of hydrogen-bond donors (Lipinski definition) is 3. The Labute approximate surface area is 152 Å². The number of nitrogens with one attached hydrogen (secondary N) is 3. The molecule has 2 aromatic carbocycles. The van der Waals surface area contributed by atoms with E-state index in [0.29, 0.717) is 5.82 Å². The number of rotatable bonds is 4. The number of H-pyrrole nitrogens is 1. The number of aromatic amines is 1. The second-order valence-corrected chi connectivity index (χ2v) is 6.42. The molecule has 1 aromatic heterocycles. The van der Waals surface area contributed by atoms with Gasteiger partial charge in [-0.2, -0.15) is 5.10 Å². The molecule has 26 heavy (non-hydrogen) atoms. The molecular weight excluding hydrogens is 326 g/mol. The molecule has 0 saturated heterocycles. The van der Waals surface area contributed by atoms with Crippen molar-refractivity contribution in [1.29, 1.82) is 0 Å². The molecule has 1 aliphatic rings. The van der Waals surface area contributed by atoms with Crippen LogP contribution in [-0.4, -0.2) is 27.7 Å². The van der Waals surface area contributed by atoms with Crippen molar-refractivity contribution >= 4 is 17.5 Å². The highest BCUT2D eigenvalue weighted by atomic mass is 16.2. The van der Waals surface area contributed by atoms with Gasteiger partial charge in [-0.1, -0.05) is 48.5 Å². The lowest BCUT2D eigenvalue weighted by molar-refractivity contribution is 0.242. The molecule has 132 valence electrons. The summed E-state index contributed by atoms with van der Waals surface area (Å²) in [7, 11) is 0. The maximum absolute atomic E-state index is 12.2. The summed E-state index contributed by atoms with van der Waals surface area (Å²) in [6.07, 6.45) is 0.861. The summed E-state index contributed by atoms with van der Waals surface area (Å²) >= 11 is 0. The maximum Gasteiger partial charge on any atom is 0.324 e. The van der Waals surface area contributed by atoms with E-state index in [4.69, 9.17) is 0 Å². The first-order valence-electron chi connectivity index (χ1n) is 8.73. The van der Waals surface area contributed by atoms with Crippen LogP contribution in [0.15, 0.2) is 60.7 Å². The zero-order chi connectivity index (χ0) is 17.8. The first-order valence-corrected chi connectivity index (χ1v) is 8.73. The zero-order valence-electron chi connectivity index (χ0n) is 14.4. The lowest BCUT2D eigenvalue weighted by Gasteiger charge is -2.26. The van der Waals surface area contributed by atoms with E-state index < -0.39 is 0 Å². The van der Waals surface area contributed by atoms with E-state index in [0.717, 1.165) is 43.0 Å². The third-order valence-electron chi connectivity index (χ3n) is 4.53. The van der Waals surface area contributed by atoms with Gasteiger partial charge in [0.1, 0.15) is 0 Å². The van der Waals surface area contributed by atoms with Gasteiger partial charge >= 0.3 is 6.03 Å². The molecule has 0 saturated carbocycles. The van der Waals surface area contributed by atoms with E-state index in [9.17, 15) is 4.79 Å². The monoisotopic (exact) mass is 347 g/mol. The summed E-state index contributed by atoms with van der Waals surface area (Å²) in [6, 6.07) is 19.5. The van der Waals surface area contributed by atoms with Gasteiger partial charge < -0.3 is 5.32 Å². The van der Waals surface area contributed by atoms with Gasteiger partial charge in [0, 0.05) is 30.9 Å². The number of urea groups is 1. The molecule has 0 radical (unpaired) electrons. The topological polar surface area (TPSA) is 73.0 Å². The van der Waals surface area contributed by atoms with Gasteiger partial charge in [-0.25, -0.2) is 4.79 Å². The van der Waals surface area contributed by atoms with Gasteiger partial charge in [0.15, 0.2) is 5.82 Å². The zero-order valence-corrected chi connectivity index (χ0v) is 14.4. The summed E-state index contributed by atoms with van der Waals surface area (Å²) in [5, 5.41) is 13.0. The Morgan fingerprint density at radius 1 is 1.04 bits per heavy atom. The predicted molar refractivity (Wildman–Crippen MR) is 102 cm³/mol. The molecular formula is C20H21N5O. The van der Waals surface area contributed by atoms with E-state index in [-0.39, 0.29) is 6.03 Å². The Kier molecular flexibility index (Phi) is 4.66. The van der Waals surface area contributed by atoms with E-state index in [1.807, 2.05) is 36.4 Å². The fraction of sp³-hybridized carbons (Fsp3) is 0.200. The van der Waals surface area contributed by atoms with Crippen LogP contribution in [0.3, 0.4) is 0 Å². The minimum Gasteiger partial charge on any atom is -0.308 e. The normalized spacial score (nSPS) is 13.8. The van der Waals surface area contributed by atoms with Crippen molar-refractivity contribution in [2.75, 3.05) is 17.2 Å². The minimum absolute atomic E-state index is 0.280. The van der Waals surface area contributed by atoms with Gasteiger partial charge in [-0.05, 0) is 24.1 Å². The summed E-state index contributed by atoms with van der Waals surface area (Å²) in [6.45, 7) is 2.66. The number of nitrogens with zero attached hydrogens (tertiary/aromatic N) is 2. The van der Waals surface area contributed by atoms with Gasteiger partial charge in [-0.3, -0.25) is 15.3 Å². The maximum atomic E-state index is 12.2. The second-order valence-electron chi connectivity index (χ2n) is 6.42. The van der Waals surface area contributed by atoms with Gasteiger partial charge in [0.25, 0.3) is 0 Å². The fourth-order valence-electron chi connectivity index (χ4n) is 3.25. The van der Waals surface area contributed by atoms with Crippen molar-refractivity contribution < 1.29 is 4.79 Å². The number of hydrogen-bond acceptors (Lipinski definition) is 3. The van der Waals surface area contributed by atoms with E-state index >= 15 is 0 Å². The van der Waals surface area contributed by atoms with Gasteiger partial charge in [0.2, 0.25) is 0 Å². The number of carbonyl (C=O) groups excluding carboxylic acids is 1. The number of carbonyl (C=O) groups is 1. The number of amides is 2. The van der Waals surface area contributed by atoms with Crippen LogP contribution in [0.1, 0.15) is 16.8 Å². The average Bonchev–Trinajstić information content (AvgIpc) is 3.05. The Bertz CT molecular complexity index is 876. The summed E-state index contributed by atoms with van der Waals surface area (Å²) in [5.41, 5.74) is 4.22. The molecule has 6 heteroatoms. The van der Waals surface area contributed by atoms with Crippen molar-refractivity contribution in [3.63, 3.8) is 0 Å². The standard InChI is InChI=1S/C20H21N5O/c26-20(21-16-9-5-2-6-10-16)22-19-17-11-12-25(14-18(17)23-24-19)13-15-7-3-1-4-8-15/h1-10H,11-14H2,(H3,21,22,23,24,26). The lowest BCUT2D eigenvalue weighted by Crippen LogP contribution is -2.30. The molecule has 4 rings (SSSR count). The van der Waals surface area contributed by atoms with Gasteiger partial charge in [0.05, 0.1) is 5.69 Å². The second kappa shape index (κ2) is 7.41. The summed E-state index contributed by atoms with van der Waals surface area (Å²) in [4.78, 5) is 14.6. The lowest BCUT2D eigenvalue weighted by atomic mass is 10.1. The summed E-state index contributed by atoms with van der Waals surface area (Å²) in [5.74, 6) is 0.618. The van der Waals surface area contributed by atoms with Crippen molar-refractivity contribution in [3.8, 4) is 0 Å². The molecule has 0 fully saturated rings. The Morgan fingerprint density at radius 2 is 1.77 bits per heavy atom. The average molecular weight is 347 g/mol. The van der Waals surface area contributed by atoms with Crippen molar-refractivity contribution in [1.82, 2.24) is 15.1 Å². The highest BCUT2D eigenvalue weighted by Crippen LogP contribution is 2.24. The highest BCUT2D eigenvalue weighted by Gasteiger charge is 2.22. The fourth-order valence-corrected chi connectivity index (χ4v) is 3.25. The highest BCUT2D eigenvalue weighted by molar-refractivity contribution is 5.99. The largest absolute Gasteiger partial charge is 0.324 e. The van der Waals surface area contributed by atoms with Crippen LogP contribution in [0.4, 0.5) is 16.3 Å². The van der Waals surface area contributed by atoms with Gasteiger partial charge in [-0.15, -0.1) is 0 Å². The third kappa shape index (κ3) is 3.75. The third-order valence-corrected chi connectivity index (χ3v) is 4.53. The molecule has 3 aromatic rings. The number of para-hydroxylation sites is 1. The van der Waals surface area contributed by atoms with Crippen LogP contribution >= 0.6 is 0 Å². The molecule has 2 heterocycles. The summed E-state index contributed by atoms with van der Waals surface area (Å²) < 4.78 is 0. The van der Waals surface area contributed by atoms with Crippen LogP contribution < -0.4 is 10.6 Å². The molecule has 0 unspecified atom stereocenters. The number of benzene rings is 2. The quantitative estimate of drug-likeness (QED) is 0.675. The minimum atomic E-state index is -0.280. The van der Waals surface area contributed by atoms with E-state index in [1.165, 1.54) is 5.56 Å². The van der Waals surface area contributed by atoms with E-state index in [2.05, 4.69) is 50.0 Å². The Morgan fingerprint density at radius 3 is 2.54 bits per heavy atom. The smallest absolute Gasteiger partial charge is 0.308 e. The van der Waals surface area contributed by atoms with Crippen molar-refractivity contribution in [2.45, 2.75) is 19.5 Å². The van der Waals surface area contributed by atoms with Crippen LogP contribution in [0.5, 0.6) is 0 Å². The molecule has 0 atom stereocenters. The molecule has 0 spiro atoms. The molecule has 6 nitrogen and oxygen atoms in total. The number of fused-ring (bicyclic) bond motifs is 1. The Balaban J connectivity index is 1.39. The van der Waals surface area contributed by atoms with Crippen LogP contribution in [-0.2, 0) is 19.5 Å². The van der Waals surface area contributed by atoms with Crippen LogP contribution in [0.2, 0.25) is 0 Å². The van der Waals surface area contributed by atoms with Crippen molar-refractivity contribution in [3.05, 3.63) is 77.5 Å². The number of anilines is 2. The molecule has 0 bridgehead atoms. The van der Waals surface area contributed by atoms with Crippen molar-refractivity contribution in [2.24, 2.45) is 0 Å². The predicted octanol–water partition coefficient (Wildman–Crippen LogP) is 3.61. The van der Waals surface area contributed by atoms with Crippen LogP contribution in [0, 0.1) is 0 Å². The SMILES string of the molecule is O=C(Nc1ccccc1)Nc1n[nH]c2c1CCN(Cc1ccccc1)C2. The first kappa shape index (κ1) is 16.4. The first-order chi connectivity index (χ1) is 12.8. The molecule has 0 aliphatic carbocycles.